The van der Waals surface area contributed by atoms with E-state index in [4.69, 9.17) is 5.73 Å². The lowest BCUT2D eigenvalue weighted by molar-refractivity contribution is -0.384. The van der Waals surface area contributed by atoms with Gasteiger partial charge in [0.2, 0.25) is 0 Å². The molecule has 1 aromatic rings. The van der Waals surface area contributed by atoms with Crippen molar-refractivity contribution in [3.63, 3.8) is 0 Å². The molecule has 1 aliphatic rings. The molecule has 1 aromatic carbocycles. The normalized spacial score (nSPS) is 26.4. The molecule has 0 aliphatic heterocycles. The molecule has 110 valence electrons. The predicted octanol–water partition coefficient (Wildman–Crippen LogP) is 3.68. The topological polar surface area (TPSA) is 69.2 Å². The Morgan fingerprint density at radius 3 is 2.65 bits per heavy atom. The third-order valence-corrected chi connectivity index (χ3v) is 4.78. The van der Waals surface area contributed by atoms with Gasteiger partial charge in [0, 0.05) is 12.1 Å². The summed E-state index contributed by atoms with van der Waals surface area (Å²) in [6, 6.07) is 6.95. The van der Waals surface area contributed by atoms with E-state index in [0.29, 0.717) is 6.54 Å². The molecule has 0 spiro atoms. The van der Waals surface area contributed by atoms with Crippen LogP contribution in [0.3, 0.4) is 0 Å². The van der Waals surface area contributed by atoms with Gasteiger partial charge in [-0.2, -0.15) is 0 Å². The summed E-state index contributed by atoms with van der Waals surface area (Å²) in [5.74, 6) is 0.783. The van der Waals surface area contributed by atoms with E-state index in [9.17, 15) is 10.1 Å². The molecule has 1 fully saturated rings. The molecule has 2 rings (SSSR count). The summed E-state index contributed by atoms with van der Waals surface area (Å²) in [4.78, 5) is 10.3. The number of nitrogens with two attached hydrogens (primary N) is 1. The summed E-state index contributed by atoms with van der Waals surface area (Å²) in [7, 11) is 0. The largest absolute Gasteiger partial charge is 0.330 e. The molecule has 4 heteroatoms. The number of rotatable bonds is 5. The van der Waals surface area contributed by atoms with Crippen LogP contribution in [0.1, 0.15) is 44.6 Å². The highest BCUT2D eigenvalue weighted by atomic mass is 16.6. The van der Waals surface area contributed by atoms with Crippen LogP contribution in [0, 0.1) is 21.4 Å². The fraction of sp³-hybridized carbons (Fsp3) is 0.625. The molecule has 0 heterocycles. The van der Waals surface area contributed by atoms with Gasteiger partial charge in [0.1, 0.15) is 0 Å². The van der Waals surface area contributed by atoms with Gasteiger partial charge in [-0.15, -0.1) is 0 Å². The molecule has 0 aromatic heterocycles. The molecule has 2 unspecified atom stereocenters. The van der Waals surface area contributed by atoms with E-state index < -0.39 is 0 Å². The van der Waals surface area contributed by atoms with Gasteiger partial charge in [0.15, 0.2) is 0 Å². The van der Waals surface area contributed by atoms with Crippen LogP contribution in [-0.2, 0) is 6.42 Å². The molecular formula is C16H24N2O2. The molecule has 0 bridgehead atoms. The monoisotopic (exact) mass is 276 g/mol. The molecule has 1 aliphatic carbocycles. The van der Waals surface area contributed by atoms with Gasteiger partial charge < -0.3 is 5.73 Å². The smallest absolute Gasteiger partial charge is 0.269 e. The average molecular weight is 276 g/mol. The van der Waals surface area contributed by atoms with Gasteiger partial charge in [0.05, 0.1) is 4.92 Å². The first kappa shape index (κ1) is 15.0. The Kier molecular flexibility index (Phi) is 4.76. The maximum Gasteiger partial charge on any atom is 0.269 e. The molecule has 2 atom stereocenters. The molecule has 1 saturated carbocycles. The summed E-state index contributed by atoms with van der Waals surface area (Å²) in [6.07, 6.45) is 7.11. The first-order chi connectivity index (χ1) is 9.58. The number of benzene rings is 1. The van der Waals surface area contributed by atoms with Gasteiger partial charge >= 0.3 is 0 Å². The fourth-order valence-corrected chi connectivity index (χ4v) is 3.52. The molecule has 0 saturated heterocycles. The number of non-ortho nitro benzene ring substituents is 1. The minimum Gasteiger partial charge on any atom is -0.330 e. The zero-order chi connectivity index (χ0) is 14.6. The third-order valence-electron chi connectivity index (χ3n) is 4.78. The lowest BCUT2D eigenvalue weighted by Crippen LogP contribution is -2.37. The highest BCUT2D eigenvalue weighted by Crippen LogP contribution is 2.42. The molecular weight excluding hydrogens is 252 g/mol. The molecule has 0 amide bonds. The van der Waals surface area contributed by atoms with Crippen molar-refractivity contribution in [2.75, 3.05) is 6.54 Å². The Bertz CT molecular complexity index is 458. The lowest BCUT2D eigenvalue weighted by atomic mass is 9.66. The zero-order valence-electron chi connectivity index (χ0n) is 12.2. The van der Waals surface area contributed by atoms with Gasteiger partial charge in [-0.25, -0.2) is 0 Å². The number of hydrogen-bond acceptors (Lipinski definition) is 3. The second-order valence-corrected chi connectivity index (χ2v) is 6.18. The van der Waals surface area contributed by atoms with Crippen LogP contribution >= 0.6 is 0 Å². The lowest BCUT2D eigenvalue weighted by Gasteiger charge is -2.40. The first-order valence-electron chi connectivity index (χ1n) is 7.52. The summed E-state index contributed by atoms with van der Waals surface area (Å²) in [5.41, 5.74) is 7.59. The van der Waals surface area contributed by atoms with E-state index in [1.165, 1.54) is 32.1 Å². The van der Waals surface area contributed by atoms with Crippen LogP contribution in [-0.4, -0.2) is 11.5 Å². The van der Waals surface area contributed by atoms with Crippen molar-refractivity contribution in [3.05, 3.63) is 39.9 Å². The third kappa shape index (κ3) is 3.37. The Balaban J connectivity index is 2.11. The van der Waals surface area contributed by atoms with Crippen molar-refractivity contribution in [2.24, 2.45) is 17.1 Å². The highest BCUT2D eigenvalue weighted by molar-refractivity contribution is 5.33. The number of nitro benzene ring substituents is 1. The highest BCUT2D eigenvalue weighted by Gasteiger charge is 2.34. The number of nitro groups is 1. The Morgan fingerprint density at radius 1 is 1.40 bits per heavy atom. The van der Waals surface area contributed by atoms with E-state index in [1.54, 1.807) is 12.1 Å². The second kappa shape index (κ2) is 6.35. The first-order valence-corrected chi connectivity index (χ1v) is 7.52. The van der Waals surface area contributed by atoms with Crippen LogP contribution in [0.4, 0.5) is 5.69 Å². The van der Waals surface area contributed by atoms with E-state index in [0.717, 1.165) is 17.9 Å². The van der Waals surface area contributed by atoms with Gasteiger partial charge in [-0.3, -0.25) is 10.1 Å². The minimum atomic E-state index is -0.351. The number of hydrogen-bond donors (Lipinski definition) is 1. The summed E-state index contributed by atoms with van der Waals surface area (Å²) in [5, 5.41) is 10.7. The van der Waals surface area contributed by atoms with Crippen molar-refractivity contribution in [1.29, 1.82) is 0 Å². The predicted molar refractivity (Wildman–Crippen MR) is 80.5 cm³/mol. The van der Waals surface area contributed by atoms with Crippen molar-refractivity contribution < 1.29 is 4.92 Å². The Hall–Kier alpha value is -1.42. The van der Waals surface area contributed by atoms with Crippen LogP contribution in [0.2, 0.25) is 0 Å². The quantitative estimate of drug-likeness (QED) is 0.658. The molecule has 20 heavy (non-hydrogen) atoms. The Morgan fingerprint density at radius 2 is 2.10 bits per heavy atom. The van der Waals surface area contributed by atoms with E-state index in [-0.39, 0.29) is 16.0 Å². The molecule has 2 N–H and O–H groups in total. The van der Waals surface area contributed by atoms with E-state index >= 15 is 0 Å². The zero-order valence-corrected chi connectivity index (χ0v) is 12.2. The van der Waals surface area contributed by atoms with Gasteiger partial charge in [0.25, 0.3) is 5.69 Å². The standard InChI is InChI=1S/C16H24N2O2/c1-2-13-4-3-9-16(10-13,12-17)11-14-5-7-15(8-6-14)18(19)20/h5-8,13H,2-4,9-12,17H2,1H3. The fourth-order valence-electron chi connectivity index (χ4n) is 3.52. The Labute approximate surface area is 120 Å². The van der Waals surface area contributed by atoms with Gasteiger partial charge in [-0.05, 0) is 42.7 Å². The maximum atomic E-state index is 10.7. The molecule has 0 radical (unpaired) electrons. The van der Waals surface area contributed by atoms with Crippen LogP contribution < -0.4 is 5.73 Å². The molecule has 4 nitrogen and oxygen atoms in total. The second-order valence-electron chi connectivity index (χ2n) is 6.18. The summed E-state index contributed by atoms with van der Waals surface area (Å²) < 4.78 is 0. The van der Waals surface area contributed by atoms with Crippen molar-refractivity contribution in [2.45, 2.75) is 45.4 Å². The van der Waals surface area contributed by atoms with E-state index in [1.807, 2.05) is 12.1 Å². The van der Waals surface area contributed by atoms with Crippen LogP contribution in [0.15, 0.2) is 24.3 Å². The van der Waals surface area contributed by atoms with Crippen molar-refractivity contribution >= 4 is 5.69 Å². The average Bonchev–Trinajstić information content (AvgIpc) is 2.48. The van der Waals surface area contributed by atoms with Crippen molar-refractivity contribution in [3.8, 4) is 0 Å². The van der Waals surface area contributed by atoms with Crippen LogP contribution in [0.25, 0.3) is 0 Å². The van der Waals surface area contributed by atoms with E-state index in [2.05, 4.69) is 6.92 Å². The number of nitrogens with zero attached hydrogens (tertiary/aromatic N) is 1. The summed E-state index contributed by atoms with van der Waals surface area (Å²) >= 11 is 0. The maximum absolute atomic E-state index is 10.7. The van der Waals surface area contributed by atoms with Crippen molar-refractivity contribution in [1.82, 2.24) is 0 Å². The SMILES string of the molecule is CCC1CCCC(CN)(Cc2ccc([N+](=O)[O-])cc2)C1. The minimum absolute atomic E-state index is 0.158. The van der Waals surface area contributed by atoms with Gasteiger partial charge in [-0.1, -0.05) is 38.3 Å². The summed E-state index contributed by atoms with van der Waals surface area (Å²) in [6.45, 7) is 2.96. The van der Waals surface area contributed by atoms with Crippen LogP contribution in [0.5, 0.6) is 0 Å².